The maximum absolute atomic E-state index is 14.0. The van der Waals surface area contributed by atoms with Gasteiger partial charge < -0.3 is 15.1 Å². The van der Waals surface area contributed by atoms with Gasteiger partial charge in [-0.05, 0) is 43.2 Å². The van der Waals surface area contributed by atoms with Crippen LogP contribution < -0.4 is 10.2 Å². The topological polar surface area (TPSA) is 69.7 Å². The average Bonchev–Trinajstić information content (AvgIpc) is 3.38. The van der Waals surface area contributed by atoms with Crippen molar-refractivity contribution in [2.45, 2.75) is 19.3 Å². The Bertz CT molecular complexity index is 1000. The SMILES string of the molecule is O=C(Nc1cccc(C(=O)N2CCCC2)c1)C1CC(=O)N(c2ccc(F)cc2F)C1. The molecule has 2 fully saturated rings. The highest BCUT2D eigenvalue weighted by Crippen LogP contribution is 2.28. The first-order valence-corrected chi connectivity index (χ1v) is 9.88. The maximum atomic E-state index is 14.0. The Kier molecular flexibility index (Phi) is 5.48. The number of nitrogens with zero attached hydrogens (tertiary/aromatic N) is 2. The summed E-state index contributed by atoms with van der Waals surface area (Å²) in [6, 6.07) is 9.66. The van der Waals surface area contributed by atoms with Gasteiger partial charge in [0.25, 0.3) is 5.91 Å². The predicted octanol–water partition coefficient (Wildman–Crippen LogP) is 3.19. The molecule has 6 nitrogen and oxygen atoms in total. The van der Waals surface area contributed by atoms with Crippen LogP contribution in [0.2, 0.25) is 0 Å². The molecule has 2 aliphatic heterocycles. The van der Waals surface area contributed by atoms with Gasteiger partial charge in [0.1, 0.15) is 11.6 Å². The minimum atomic E-state index is -0.850. The quantitative estimate of drug-likeness (QED) is 0.837. The van der Waals surface area contributed by atoms with Gasteiger partial charge >= 0.3 is 0 Å². The zero-order valence-electron chi connectivity index (χ0n) is 16.2. The molecule has 1 unspecified atom stereocenters. The molecule has 156 valence electrons. The first-order valence-electron chi connectivity index (χ1n) is 9.88. The smallest absolute Gasteiger partial charge is 0.253 e. The van der Waals surface area contributed by atoms with Gasteiger partial charge in [-0.3, -0.25) is 14.4 Å². The number of amides is 3. The summed E-state index contributed by atoms with van der Waals surface area (Å²) in [7, 11) is 0. The zero-order chi connectivity index (χ0) is 21.3. The lowest BCUT2D eigenvalue weighted by Gasteiger charge is -2.18. The molecule has 2 aromatic rings. The van der Waals surface area contributed by atoms with Gasteiger partial charge in [-0.2, -0.15) is 0 Å². The van der Waals surface area contributed by atoms with E-state index in [-0.39, 0.29) is 30.5 Å². The zero-order valence-corrected chi connectivity index (χ0v) is 16.2. The van der Waals surface area contributed by atoms with Gasteiger partial charge in [-0.25, -0.2) is 8.78 Å². The molecule has 2 aliphatic rings. The Morgan fingerprint density at radius 3 is 2.53 bits per heavy atom. The second kappa shape index (κ2) is 8.22. The maximum Gasteiger partial charge on any atom is 0.253 e. The molecule has 4 rings (SSSR count). The van der Waals surface area contributed by atoms with E-state index in [0.29, 0.717) is 17.3 Å². The molecule has 2 saturated heterocycles. The van der Waals surface area contributed by atoms with Crippen LogP contribution in [0.15, 0.2) is 42.5 Å². The molecule has 0 aliphatic carbocycles. The lowest BCUT2D eigenvalue weighted by Crippen LogP contribution is -2.29. The first-order chi connectivity index (χ1) is 14.4. The van der Waals surface area contributed by atoms with Crippen LogP contribution >= 0.6 is 0 Å². The monoisotopic (exact) mass is 413 g/mol. The minimum Gasteiger partial charge on any atom is -0.339 e. The van der Waals surface area contributed by atoms with Crippen molar-refractivity contribution in [3.8, 4) is 0 Å². The Hall–Kier alpha value is -3.29. The Morgan fingerprint density at radius 2 is 1.80 bits per heavy atom. The van der Waals surface area contributed by atoms with E-state index in [1.807, 2.05) is 0 Å². The molecule has 0 bridgehead atoms. The first kappa shape index (κ1) is 20.0. The van der Waals surface area contributed by atoms with Crippen molar-refractivity contribution in [3.05, 3.63) is 59.7 Å². The molecule has 8 heteroatoms. The molecule has 0 aromatic heterocycles. The van der Waals surface area contributed by atoms with Crippen LogP contribution in [0.3, 0.4) is 0 Å². The predicted molar refractivity (Wildman–Crippen MR) is 107 cm³/mol. The van der Waals surface area contributed by atoms with E-state index in [4.69, 9.17) is 0 Å². The van der Waals surface area contributed by atoms with Crippen LogP contribution in [-0.4, -0.2) is 42.3 Å². The lowest BCUT2D eigenvalue weighted by molar-refractivity contribution is -0.122. The molecule has 1 atom stereocenters. The summed E-state index contributed by atoms with van der Waals surface area (Å²) in [4.78, 5) is 40.5. The van der Waals surface area contributed by atoms with Gasteiger partial charge in [0.2, 0.25) is 11.8 Å². The molecular weight excluding hydrogens is 392 g/mol. The van der Waals surface area contributed by atoms with Gasteiger partial charge in [-0.15, -0.1) is 0 Å². The summed E-state index contributed by atoms with van der Waals surface area (Å²) >= 11 is 0. The number of nitrogens with one attached hydrogen (secondary N) is 1. The molecule has 0 saturated carbocycles. The van der Waals surface area contributed by atoms with Gasteiger partial charge in [0.15, 0.2) is 0 Å². The molecule has 3 amide bonds. The molecule has 1 N–H and O–H groups in total. The third-order valence-electron chi connectivity index (χ3n) is 5.47. The van der Waals surface area contributed by atoms with Crippen molar-refractivity contribution in [2.24, 2.45) is 5.92 Å². The van der Waals surface area contributed by atoms with E-state index in [0.717, 1.165) is 36.9 Å². The van der Waals surface area contributed by atoms with Crippen LogP contribution in [0, 0.1) is 17.6 Å². The second-order valence-electron chi connectivity index (χ2n) is 7.57. The number of carbonyl (C=O) groups is 3. The number of rotatable bonds is 4. The van der Waals surface area contributed by atoms with E-state index >= 15 is 0 Å². The van der Waals surface area contributed by atoms with Crippen molar-refractivity contribution >= 4 is 29.1 Å². The number of likely N-dealkylation sites (tertiary alicyclic amines) is 1. The number of benzene rings is 2. The standard InChI is InChI=1S/C22H21F2N3O3/c23-16-6-7-19(18(24)12-16)27-13-15(11-20(27)28)21(29)25-17-5-3-4-14(10-17)22(30)26-8-1-2-9-26/h3-7,10,12,15H,1-2,8-9,11,13H2,(H,25,29). The fraction of sp³-hybridized carbons (Fsp3) is 0.318. The molecule has 0 radical (unpaired) electrons. The van der Waals surface area contributed by atoms with Crippen molar-refractivity contribution in [2.75, 3.05) is 29.9 Å². The fourth-order valence-corrected chi connectivity index (χ4v) is 3.89. The molecule has 30 heavy (non-hydrogen) atoms. The number of halogens is 2. The van der Waals surface area contributed by atoms with E-state index < -0.39 is 23.5 Å². The Balaban J connectivity index is 1.44. The summed E-state index contributed by atoms with van der Waals surface area (Å²) in [5.41, 5.74) is 0.908. The summed E-state index contributed by atoms with van der Waals surface area (Å²) in [6.07, 6.45) is 1.90. The molecule has 0 spiro atoms. The van der Waals surface area contributed by atoms with Gasteiger partial charge in [0, 0.05) is 43.4 Å². The highest BCUT2D eigenvalue weighted by atomic mass is 19.1. The van der Waals surface area contributed by atoms with E-state index in [9.17, 15) is 23.2 Å². The van der Waals surface area contributed by atoms with E-state index in [2.05, 4.69) is 5.32 Å². The number of hydrogen-bond donors (Lipinski definition) is 1. The fourth-order valence-electron chi connectivity index (χ4n) is 3.89. The van der Waals surface area contributed by atoms with Crippen molar-refractivity contribution in [3.63, 3.8) is 0 Å². The van der Waals surface area contributed by atoms with Crippen LogP contribution in [0.4, 0.5) is 20.2 Å². The summed E-state index contributed by atoms with van der Waals surface area (Å²) in [5, 5.41) is 2.74. The van der Waals surface area contributed by atoms with Crippen molar-refractivity contribution in [1.29, 1.82) is 0 Å². The van der Waals surface area contributed by atoms with Crippen LogP contribution in [0.1, 0.15) is 29.6 Å². The normalized spacial score (nSPS) is 18.7. The molecule has 2 aromatic carbocycles. The van der Waals surface area contributed by atoms with Gasteiger partial charge in [0.05, 0.1) is 11.6 Å². The highest BCUT2D eigenvalue weighted by molar-refractivity contribution is 6.04. The number of hydrogen-bond acceptors (Lipinski definition) is 3. The van der Waals surface area contributed by atoms with Crippen LogP contribution in [-0.2, 0) is 9.59 Å². The van der Waals surface area contributed by atoms with E-state index in [1.54, 1.807) is 29.2 Å². The number of anilines is 2. The molecular formula is C22H21F2N3O3. The van der Waals surface area contributed by atoms with Crippen molar-refractivity contribution in [1.82, 2.24) is 4.90 Å². The summed E-state index contributed by atoms with van der Waals surface area (Å²) < 4.78 is 27.2. The lowest BCUT2D eigenvalue weighted by atomic mass is 10.1. The van der Waals surface area contributed by atoms with Crippen molar-refractivity contribution < 1.29 is 23.2 Å². The van der Waals surface area contributed by atoms with Gasteiger partial charge in [-0.1, -0.05) is 6.07 Å². The Morgan fingerprint density at radius 1 is 1.03 bits per heavy atom. The third kappa shape index (κ3) is 4.03. The number of carbonyl (C=O) groups excluding carboxylic acids is 3. The van der Waals surface area contributed by atoms with E-state index in [1.165, 1.54) is 6.07 Å². The second-order valence-corrected chi connectivity index (χ2v) is 7.57. The van der Waals surface area contributed by atoms with Crippen LogP contribution in [0.25, 0.3) is 0 Å². The Labute approximate surface area is 172 Å². The summed E-state index contributed by atoms with van der Waals surface area (Å²) in [6.45, 7) is 1.46. The largest absolute Gasteiger partial charge is 0.339 e. The highest BCUT2D eigenvalue weighted by Gasteiger charge is 2.36. The third-order valence-corrected chi connectivity index (χ3v) is 5.47. The summed E-state index contributed by atoms with van der Waals surface area (Å²) in [5.74, 6) is -3.13. The molecule has 2 heterocycles. The average molecular weight is 413 g/mol. The van der Waals surface area contributed by atoms with Crippen LogP contribution in [0.5, 0.6) is 0 Å². The minimum absolute atomic E-state index is 0.000379.